The summed E-state index contributed by atoms with van der Waals surface area (Å²) in [7, 11) is 0. The Morgan fingerprint density at radius 2 is 1.69 bits per heavy atom. The number of rotatable bonds is 5. The molecule has 0 nitrogen and oxygen atoms in total. The molecule has 13 heavy (non-hydrogen) atoms. The van der Waals surface area contributed by atoms with Gasteiger partial charge in [0.1, 0.15) is 0 Å². The summed E-state index contributed by atoms with van der Waals surface area (Å²) in [5.41, 5.74) is 0.516. The Bertz CT molecular complexity index is 135. The summed E-state index contributed by atoms with van der Waals surface area (Å²) < 4.78 is 0. The van der Waals surface area contributed by atoms with Crippen molar-refractivity contribution >= 4 is 0 Å². The summed E-state index contributed by atoms with van der Waals surface area (Å²) in [4.78, 5) is 0. The summed E-state index contributed by atoms with van der Waals surface area (Å²) in [5, 5.41) is 0. The normalized spacial score (nSPS) is 13.1. The third-order valence-corrected chi connectivity index (χ3v) is 2.07. The van der Waals surface area contributed by atoms with Crippen LogP contribution in [0.4, 0.5) is 0 Å². The van der Waals surface area contributed by atoms with Crippen LogP contribution in [0, 0.1) is 11.3 Å². The molecule has 0 aliphatic carbocycles. The Morgan fingerprint density at radius 3 is 2.15 bits per heavy atom. The minimum Gasteiger partial charge on any atom is -0.0883 e. The van der Waals surface area contributed by atoms with E-state index in [0.29, 0.717) is 11.3 Å². The van der Waals surface area contributed by atoms with Crippen LogP contribution in [-0.2, 0) is 0 Å². The summed E-state index contributed by atoms with van der Waals surface area (Å²) in [6.07, 6.45) is 9.95. The molecule has 0 rings (SSSR count). The molecule has 0 spiro atoms. The Morgan fingerprint density at radius 1 is 1.08 bits per heavy atom. The van der Waals surface area contributed by atoms with Crippen LogP contribution in [0.1, 0.15) is 60.3 Å². The van der Waals surface area contributed by atoms with E-state index in [1.54, 1.807) is 0 Å². The highest BCUT2D eigenvalue weighted by Crippen LogP contribution is 2.21. The van der Waals surface area contributed by atoms with Gasteiger partial charge in [-0.1, -0.05) is 53.2 Å². The quantitative estimate of drug-likeness (QED) is 0.423. The molecule has 0 aromatic rings. The maximum absolute atomic E-state index is 2.33. The first-order chi connectivity index (χ1) is 5.92. The fourth-order valence-corrected chi connectivity index (χ4v) is 1.29. The summed E-state index contributed by atoms with van der Waals surface area (Å²) in [6, 6.07) is 0. The van der Waals surface area contributed by atoms with Gasteiger partial charge in [0.15, 0.2) is 0 Å². The van der Waals surface area contributed by atoms with Crippen LogP contribution in [0.15, 0.2) is 12.2 Å². The van der Waals surface area contributed by atoms with E-state index >= 15 is 0 Å². The van der Waals surface area contributed by atoms with Crippen molar-refractivity contribution < 1.29 is 0 Å². The average molecular weight is 182 g/mol. The molecule has 0 saturated heterocycles. The molecule has 0 aromatic heterocycles. The molecule has 0 atom stereocenters. The maximum Gasteiger partial charge on any atom is -0.0290 e. The topological polar surface area (TPSA) is 0 Å². The van der Waals surface area contributed by atoms with Crippen molar-refractivity contribution in [2.75, 3.05) is 0 Å². The molecule has 0 aromatic carbocycles. The van der Waals surface area contributed by atoms with Crippen molar-refractivity contribution in [3.63, 3.8) is 0 Å². The Labute approximate surface area is 84.4 Å². The number of allylic oxidation sites excluding steroid dienone is 2. The van der Waals surface area contributed by atoms with Crippen molar-refractivity contribution in [3.8, 4) is 0 Å². The van der Waals surface area contributed by atoms with Crippen LogP contribution in [-0.4, -0.2) is 0 Å². The lowest BCUT2D eigenvalue weighted by Gasteiger charge is -2.17. The van der Waals surface area contributed by atoms with Gasteiger partial charge in [-0.25, -0.2) is 0 Å². The monoisotopic (exact) mass is 182 g/mol. The summed E-state index contributed by atoms with van der Waals surface area (Å²) in [5.74, 6) is 0.711. The van der Waals surface area contributed by atoms with Gasteiger partial charge in [-0.3, -0.25) is 0 Å². The predicted octanol–water partition coefficient (Wildman–Crippen LogP) is 4.81. The first-order valence-corrected chi connectivity index (χ1v) is 5.58. The van der Waals surface area contributed by atoms with Gasteiger partial charge in [-0.2, -0.15) is 0 Å². The minimum absolute atomic E-state index is 0.516. The fraction of sp³-hybridized carbons (Fsp3) is 0.846. The Hall–Kier alpha value is -0.260. The van der Waals surface area contributed by atoms with Crippen LogP contribution in [0.2, 0.25) is 0 Å². The van der Waals surface area contributed by atoms with E-state index < -0.39 is 0 Å². The van der Waals surface area contributed by atoms with E-state index in [-0.39, 0.29) is 0 Å². The molecule has 0 fully saturated rings. The van der Waals surface area contributed by atoms with Gasteiger partial charge >= 0.3 is 0 Å². The van der Waals surface area contributed by atoms with Crippen molar-refractivity contribution in [3.05, 3.63) is 12.2 Å². The summed E-state index contributed by atoms with van der Waals surface area (Å²) >= 11 is 0. The SMILES string of the molecule is CC(C)/C=C\CCCCC(C)(C)C. The molecule has 0 saturated carbocycles. The highest BCUT2D eigenvalue weighted by atomic mass is 14.1. The smallest absolute Gasteiger partial charge is 0.0290 e. The zero-order valence-electron chi connectivity index (χ0n) is 10.1. The van der Waals surface area contributed by atoms with Gasteiger partial charge in [0.05, 0.1) is 0 Å². The highest BCUT2D eigenvalue weighted by Gasteiger charge is 2.08. The second kappa shape index (κ2) is 6.23. The lowest BCUT2D eigenvalue weighted by atomic mass is 9.89. The molecule has 0 N–H and O–H groups in total. The summed E-state index contributed by atoms with van der Waals surface area (Å²) in [6.45, 7) is 11.4. The first kappa shape index (κ1) is 12.7. The van der Waals surface area contributed by atoms with Crippen LogP contribution < -0.4 is 0 Å². The van der Waals surface area contributed by atoms with Gasteiger partial charge in [0.2, 0.25) is 0 Å². The van der Waals surface area contributed by atoms with Gasteiger partial charge in [-0.15, -0.1) is 0 Å². The molecule has 0 heterocycles. The van der Waals surface area contributed by atoms with Crippen LogP contribution in [0.3, 0.4) is 0 Å². The molecule has 0 aliphatic rings. The van der Waals surface area contributed by atoms with Gasteiger partial charge in [0, 0.05) is 0 Å². The molecular weight excluding hydrogens is 156 g/mol. The van der Waals surface area contributed by atoms with Crippen molar-refractivity contribution in [2.24, 2.45) is 11.3 Å². The van der Waals surface area contributed by atoms with Gasteiger partial charge in [-0.05, 0) is 30.6 Å². The third kappa shape index (κ3) is 11.7. The predicted molar refractivity (Wildman–Crippen MR) is 61.9 cm³/mol. The number of hydrogen-bond donors (Lipinski definition) is 0. The minimum atomic E-state index is 0.516. The molecule has 0 radical (unpaired) electrons. The standard InChI is InChI=1S/C13H26/c1-12(2)10-8-6-7-9-11-13(3,4)5/h8,10,12H,6-7,9,11H2,1-5H3/b10-8-. The molecular formula is C13H26. The van der Waals surface area contributed by atoms with Crippen LogP contribution >= 0.6 is 0 Å². The van der Waals surface area contributed by atoms with E-state index in [0.717, 1.165) is 0 Å². The number of hydrogen-bond acceptors (Lipinski definition) is 0. The fourth-order valence-electron chi connectivity index (χ4n) is 1.29. The lowest BCUT2D eigenvalue weighted by Crippen LogP contribution is -2.03. The van der Waals surface area contributed by atoms with E-state index in [4.69, 9.17) is 0 Å². The maximum atomic E-state index is 2.33. The average Bonchev–Trinajstić information content (AvgIpc) is 1.93. The van der Waals surface area contributed by atoms with Crippen molar-refractivity contribution in [2.45, 2.75) is 60.3 Å². The second-order valence-corrected chi connectivity index (χ2v) is 5.48. The van der Waals surface area contributed by atoms with E-state index in [2.05, 4.69) is 46.8 Å². The molecule has 78 valence electrons. The first-order valence-electron chi connectivity index (χ1n) is 5.58. The molecule has 0 aliphatic heterocycles. The van der Waals surface area contributed by atoms with E-state index in [9.17, 15) is 0 Å². The zero-order valence-corrected chi connectivity index (χ0v) is 10.1. The largest absolute Gasteiger partial charge is 0.0883 e. The zero-order chi connectivity index (χ0) is 10.3. The molecule has 0 amide bonds. The van der Waals surface area contributed by atoms with Gasteiger partial charge < -0.3 is 0 Å². The van der Waals surface area contributed by atoms with Crippen LogP contribution in [0.5, 0.6) is 0 Å². The Balaban J connectivity index is 3.27. The van der Waals surface area contributed by atoms with Gasteiger partial charge in [0.25, 0.3) is 0 Å². The Kier molecular flexibility index (Phi) is 6.11. The van der Waals surface area contributed by atoms with Crippen molar-refractivity contribution in [1.29, 1.82) is 0 Å². The molecule has 0 bridgehead atoms. The number of unbranched alkanes of at least 4 members (excludes halogenated alkanes) is 2. The van der Waals surface area contributed by atoms with Crippen LogP contribution in [0.25, 0.3) is 0 Å². The highest BCUT2D eigenvalue weighted by molar-refractivity contribution is 4.84. The second-order valence-electron chi connectivity index (χ2n) is 5.48. The lowest BCUT2D eigenvalue weighted by molar-refractivity contribution is 0.361. The third-order valence-electron chi connectivity index (χ3n) is 2.07. The van der Waals surface area contributed by atoms with Crippen molar-refractivity contribution in [1.82, 2.24) is 0 Å². The van der Waals surface area contributed by atoms with E-state index in [1.807, 2.05) is 0 Å². The molecule has 0 heteroatoms. The van der Waals surface area contributed by atoms with E-state index in [1.165, 1.54) is 25.7 Å². The molecule has 0 unspecified atom stereocenters.